The van der Waals surface area contributed by atoms with Crippen molar-refractivity contribution in [3.63, 3.8) is 0 Å². The Morgan fingerprint density at radius 3 is 2.56 bits per heavy atom. The molecule has 18 heavy (non-hydrogen) atoms. The highest BCUT2D eigenvalue weighted by molar-refractivity contribution is 6.42. The molecule has 1 aliphatic carbocycles. The molecule has 1 N–H and O–H groups in total. The highest BCUT2D eigenvalue weighted by atomic mass is 35.5. The second-order valence-corrected chi connectivity index (χ2v) is 6.37. The highest BCUT2D eigenvalue weighted by Gasteiger charge is 2.33. The quantitative estimate of drug-likeness (QED) is 0.841. The van der Waals surface area contributed by atoms with Gasteiger partial charge in [-0.3, -0.25) is 0 Å². The van der Waals surface area contributed by atoms with E-state index in [9.17, 15) is 5.11 Å². The van der Waals surface area contributed by atoms with Gasteiger partial charge < -0.3 is 5.11 Å². The highest BCUT2D eigenvalue weighted by Crippen LogP contribution is 2.36. The van der Waals surface area contributed by atoms with E-state index in [1.165, 1.54) is 19.3 Å². The maximum Gasteiger partial charge on any atom is 0.0688 e. The molecule has 0 aliphatic heterocycles. The number of halogens is 2. The Labute approximate surface area is 119 Å². The van der Waals surface area contributed by atoms with Crippen LogP contribution in [0.2, 0.25) is 10.0 Å². The van der Waals surface area contributed by atoms with Crippen molar-refractivity contribution in [3.05, 3.63) is 33.8 Å². The summed E-state index contributed by atoms with van der Waals surface area (Å²) in [4.78, 5) is 0. The van der Waals surface area contributed by atoms with Gasteiger partial charge in [-0.15, -0.1) is 0 Å². The molecule has 3 heteroatoms. The fourth-order valence-corrected chi connectivity index (χ4v) is 3.33. The third kappa shape index (κ3) is 3.20. The predicted octanol–water partition coefficient (Wildman–Crippen LogP) is 4.87. The molecule has 1 unspecified atom stereocenters. The summed E-state index contributed by atoms with van der Waals surface area (Å²) >= 11 is 12.2. The van der Waals surface area contributed by atoms with Gasteiger partial charge in [0.1, 0.15) is 0 Å². The molecule has 0 bridgehead atoms. The molecular formula is C15H20Cl2O. The van der Waals surface area contributed by atoms with Crippen molar-refractivity contribution in [2.24, 2.45) is 5.92 Å². The molecule has 1 atom stereocenters. The van der Waals surface area contributed by atoms with Gasteiger partial charge in [-0.2, -0.15) is 0 Å². The molecule has 0 aromatic heterocycles. The molecule has 1 fully saturated rings. The number of hydrogen-bond donors (Lipinski definition) is 1. The topological polar surface area (TPSA) is 20.2 Å². The Morgan fingerprint density at radius 1 is 1.22 bits per heavy atom. The minimum Gasteiger partial charge on any atom is -0.390 e. The summed E-state index contributed by atoms with van der Waals surface area (Å²) in [7, 11) is 0. The Balaban J connectivity index is 2.13. The summed E-state index contributed by atoms with van der Waals surface area (Å²) in [5.41, 5.74) is 0.258. The van der Waals surface area contributed by atoms with E-state index in [1.54, 1.807) is 6.07 Å². The molecule has 0 saturated heterocycles. The van der Waals surface area contributed by atoms with Gasteiger partial charge in [0.25, 0.3) is 0 Å². The normalized spacial score (nSPS) is 20.7. The SMILES string of the molecule is CC(O)(Cc1cccc(Cl)c1Cl)C1CCCCC1. The molecule has 1 aromatic carbocycles. The van der Waals surface area contributed by atoms with Gasteiger partial charge in [0.2, 0.25) is 0 Å². The predicted molar refractivity (Wildman–Crippen MR) is 77.4 cm³/mol. The third-order valence-corrected chi connectivity index (χ3v) is 4.92. The molecule has 1 saturated carbocycles. The minimum atomic E-state index is -0.686. The van der Waals surface area contributed by atoms with E-state index in [1.807, 2.05) is 19.1 Å². The molecule has 1 nitrogen and oxygen atoms in total. The first-order valence-corrected chi connectivity index (χ1v) is 7.41. The first-order chi connectivity index (χ1) is 8.50. The Bertz CT molecular complexity index is 409. The van der Waals surface area contributed by atoms with Crippen molar-refractivity contribution < 1.29 is 5.11 Å². The van der Waals surface area contributed by atoms with E-state index in [-0.39, 0.29) is 0 Å². The van der Waals surface area contributed by atoms with Crippen LogP contribution in [0.25, 0.3) is 0 Å². The Hall–Kier alpha value is -0.240. The fourth-order valence-electron chi connectivity index (χ4n) is 2.94. The van der Waals surface area contributed by atoms with Crippen LogP contribution >= 0.6 is 23.2 Å². The standard InChI is InChI=1S/C15H20Cl2O/c1-15(18,12-7-3-2-4-8-12)10-11-6-5-9-13(16)14(11)17/h5-6,9,12,18H,2-4,7-8,10H2,1H3. The lowest BCUT2D eigenvalue weighted by Crippen LogP contribution is -2.38. The van der Waals surface area contributed by atoms with Crippen molar-refractivity contribution in [3.8, 4) is 0 Å². The van der Waals surface area contributed by atoms with Gasteiger partial charge in [-0.05, 0) is 37.3 Å². The van der Waals surface area contributed by atoms with Gasteiger partial charge in [0.15, 0.2) is 0 Å². The van der Waals surface area contributed by atoms with E-state index in [4.69, 9.17) is 23.2 Å². The molecule has 0 radical (unpaired) electrons. The van der Waals surface area contributed by atoms with Crippen LogP contribution in [-0.4, -0.2) is 10.7 Å². The fraction of sp³-hybridized carbons (Fsp3) is 0.600. The molecular weight excluding hydrogens is 267 g/mol. The lowest BCUT2D eigenvalue weighted by Gasteiger charge is -2.36. The van der Waals surface area contributed by atoms with E-state index in [0.717, 1.165) is 18.4 Å². The van der Waals surface area contributed by atoms with Gasteiger partial charge in [-0.1, -0.05) is 54.6 Å². The van der Waals surface area contributed by atoms with Crippen LogP contribution in [0.1, 0.15) is 44.6 Å². The van der Waals surface area contributed by atoms with Crippen LogP contribution in [-0.2, 0) is 6.42 Å². The lowest BCUT2D eigenvalue weighted by molar-refractivity contribution is -0.0159. The maximum atomic E-state index is 10.7. The minimum absolute atomic E-state index is 0.376. The first kappa shape index (κ1) is 14.2. The zero-order valence-electron chi connectivity index (χ0n) is 10.8. The van der Waals surface area contributed by atoms with Crippen molar-refractivity contribution in [1.29, 1.82) is 0 Å². The van der Waals surface area contributed by atoms with Crippen LogP contribution in [0, 0.1) is 5.92 Å². The van der Waals surface area contributed by atoms with Crippen molar-refractivity contribution >= 4 is 23.2 Å². The summed E-state index contributed by atoms with van der Waals surface area (Å²) in [5.74, 6) is 0.376. The largest absolute Gasteiger partial charge is 0.390 e. The van der Waals surface area contributed by atoms with Gasteiger partial charge in [0.05, 0.1) is 15.6 Å². The summed E-state index contributed by atoms with van der Waals surface area (Å²) in [6.45, 7) is 1.93. The van der Waals surface area contributed by atoms with Crippen LogP contribution in [0.4, 0.5) is 0 Å². The zero-order chi connectivity index (χ0) is 13.2. The average Bonchev–Trinajstić information content (AvgIpc) is 2.36. The van der Waals surface area contributed by atoms with E-state index in [0.29, 0.717) is 22.4 Å². The van der Waals surface area contributed by atoms with E-state index < -0.39 is 5.60 Å². The lowest BCUT2D eigenvalue weighted by atomic mass is 9.75. The van der Waals surface area contributed by atoms with Gasteiger partial charge in [0, 0.05) is 6.42 Å². The van der Waals surface area contributed by atoms with E-state index in [2.05, 4.69) is 0 Å². The van der Waals surface area contributed by atoms with Crippen LogP contribution in [0.3, 0.4) is 0 Å². The number of aliphatic hydroxyl groups is 1. The average molecular weight is 287 g/mol. The van der Waals surface area contributed by atoms with Crippen molar-refractivity contribution in [1.82, 2.24) is 0 Å². The van der Waals surface area contributed by atoms with Crippen molar-refractivity contribution in [2.75, 3.05) is 0 Å². The summed E-state index contributed by atoms with van der Waals surface area (Å²) in [6.07, 6.45) is 6.56. The van der Waals surface area contributed by atoms with Gasteiger partial charge in [-0.25, -0.2) is 0 Å². The Kier molecular flexibility index (Phi) is 4.58. The van der Waals surface area contributed by atoms with Crippen LogP contribution < -0.4 is 0 Å². The molecule has 1 aromatic rings. The van der Waals surface area contributed by atoms with Gasteiger partial charge >= 0.3 is 0 Å². The molecule has 0 spiro atoms. The zero-order valence-corrected chi connectivity index (χ0v) is 12.3. The molecule has 0 heterocycles. The first-order valence-electron chi connectivity index (χ1n) is 6.66. The summed E-state index contributed by atoms with van der Waals surface area (Å²) in [6, 6.07) is 5.62. The second kappa shape index (κ2) is 5.81. The van der Waals surface area contributed by atoms with Crippen molar-refractivity contribution in [2.45, 2.75) is 51.0 Å². The van der Waals surface area contributed by atoms with Crippen LogP contribution in [0.15, 0.2) is 18.2 Å². The molecule has 0 amide bonds. The summed E-state index contributed by atoms with van der Waals surface area (Å²) in [5, 5.41) is 11.8. The molecule has 100 valence electrons. The third-order valence-electron chi connectivity index (χ3n) is 4.06. The van der Waals surface area contributed by atoms with E-state index >= 15 is 0 Å². The number of rotatable bonds is 3. The number of hydrogen-bond acceptors (Lipinski definition) is 1. The smallest absolute Gasteiger partial charge is 0.0688 e. The molecule has 2 rings (SSSR count). The maximum absolute atomic E-state index is 10.7. The second-order valence-electron chi connectivity index (χ2n) is 5.58. The Morgan fingerprint density at radius 2 is 1.89 bits per heavy atom. The number of benzene rings is 1. The monoisotopic (exact) mass is 286 g/mol. The van der Waals surface area contributed by atoms with Crippen LogP contribution in [0.5, 0.6) is 0 Å². The summed E-state index contributed by atoms with van der Waals surface area (Å²) < 4.78 is 0. The molecule has 1 aliphatic rings.